The number of hydrogen-bond acceptors (Lipinski definition) is 5. The number of rotatable bonds is 4. The van der Waals surface area contributed by atoms with Crippen LogP contribution < -0.4 is 0 Å². The van der Waals surface area contributed by atoms with Crippen molar-refractivity contribution in [1.82, 2.24) is 19.7 Å². The summed E-state index contributed by atoms with van der Waals surface area (Å²) in [4.78, 5) is 22.8. The summed E-state index contributed by atoms with van der Waals surface area (Å²) in [6.07, 6.45) is 8.81. The predicted molar refractivity (Wildman–Crippen MR) is 101 cm³/mol. The van der Waals surface area contributed by atoms with Gasteiger partial charge in [-0.1, -0.05) is 12.2 Å². The first-order chi connectivity index (χ1) is 13.6. The van der Waals surface area contributed by atoms with Crippen LogP contribution in [0.2, 0.25) is 0 Å². The van der Waals surface area contributed by atoms with Gasteiger partial charge in [0.05, 0.1) is 11.4 Å². The first-order valence-corrected chi connectivity index (χ1v) is 9.81. The Morgan fingerprint density at radius 1 is 1.21 bits per heavy atom. The van der Waals surface area contributed by atoms with Gasteiger partial charge in [0, 0.05) is 51.4 Å². The molecule has 1 N–H and O–H groups in total. The van der Waals surface area contributed by atoms with Gasteiger partial charge in [0.15, 0.2) is 0 Å². The minimum absolute atomic E-state index is 0.101. The minimum atomic E-state index is -1.08. The number of amides is 1. The highest BCUT2D eigenvalue weighted by Crippen LogP contribution is 2.38. The fourth-order valence-corrected chi connectivity index (χ4v) is 4.50. The molecule has 1 aromatic heterocycles. The summed E-state index contributed by atoms with van der Waals surface area (Å²) >= 11 is 0. The number of piperazine rings is 1. The molecule has 1 saturated heterocycles. The highest BCUT2D eigenvalue weighted by molar-refractivity contribution is 5.97. The molecule has 2 atom stereocenters. The van der Waals surface area contributed by atoms with Crippen LogP contribution in [-0.4, -0.2) is 56.2 Å². The topological polar surface area (TPSA) is 59.9 Å². The summed E-state index contributed by atoms with van der Waals surface area (Å²) in [6.45, 7) is 2.44. The maximum atomic E-state index is 14.0. The highest BCUT2D eigenvalue weighted by Gasteiger charge is 2.39. The lowest BCUT2D eigenvalue weighted by atomic mass is 10.0. The van der Waals surface area contributed by atoms with E-state index in [0.29, 0.717) is 43.9 Å². The van der Waals surface area contributed by atoms with E-state index in [4.69, 9.17) is 0 Å². The van der Waals surface area contributed by atoms with E-state index < -0.39 is 12.4 Å². The van der Waals surface area contributed by atoms with Crippen molar-refractivity contribution >= 4 is 5.91 Å². The van der Waals surface area contributed by atoms with Crippen LogP contribution in [0, 0.1) is 0 Å². The average Bonchev–Trinajstić information content (AvgIpc) is 3.35. The molecule has 3 aliphatic heterocycles. The zero-order chi connectivity index (χ0) is 19.3. The fraction of sp³-hybridized carbons (Fsp3) is 0.429. The molecule has 1 aromatic rings. The quantitative estimate of drug-likeness (QED) is 0.864. The van der Waals surface area contributed by atoms with E-state index >= 15 is 0 Å². The monoisotopic (exact) mass is 382 g/mol. The van der Waals surface area contributed by atoms with Gasteiger partial charge in [0.1, 0.15) is 18.1 Å². The molecular formula is C21H23FN4O2. The molecule has 1 aliphatic carbocycles. The van der Waals surface area contributed by atoms with Gasteiger partial charge in [0.2, 0.25) is 0 Å². The van der Waals surface area contributed by atoms with Gasteiger partial charge >= 0.3 is 0 Å². The molecule has 6 nitrogen and oxygen atoms in total. The van der Waals surface area contributed by atoms with Crippen molar-refractivity contribution in [2.75, 3.05) is 13.1 Å². The Labute approximate surface area is 163 Å². The van der Waals surface area contributed by atoms with Crippen LogP contribution in [0.3, 0.4) is 0 Å². The Morgan fingerprint density at radius 2 is 2.07 bits per heavy atom. The van der Waals surface area contributed by atoms with Gasteiger partial charge in [-0.2, -0.15) is 0 Å². The molecule has 0 radical (unpaired) electrons. The number of halogens is 1. The summed E-state index contributed by atoms with van der Waals surface area (Å²) in [6, 6.07) is 1.97. The van der Waals surface area contributed by atoms with Crippen LogP contribution in [0.25, 0.3) is 0 Å². The van der Waals surface area contributed by atoms with Crippen LogP contribution >= 0.6 is 0 Å². The van der Waals surface area contributed by atoms with Crippen molar-refractivity contribution in [3.05, 3.63) is 64.9 Å². The number of carbonyl (C=O) groups excluding carboxylic acids is 1. The van der Waals surface area contributed by atoms with Crippen molar-refractivity contribution in [2.45, 2.75) is 44.8 Å². The Hall–Kier alpha value is -2.51. The number of nitrogens with zero attached hydrogens (tertiary/aromatic N) is 4. The van der Waals surface area contributed by atoms with E-state index in [1.165, 1.54) is 5.56 Å². The zero-order valence-corrected chi connectivity index (χ0v) is 15.6. The lowest BCUT2D eigenvalue weighted by molar-refractivity contribution is -0.128. The highest BCUT2D eigenvalue weighted by atomic mass is 19.1. The van der Waals surface area contributed by atoms with E-state index in [1.807, 2.05) is 34.2 Å². The SMILES string of the molecule is O=C1C2=CCCN2C2=CCC(F)C=C2N1CCC(O)N1Cc2ccncc2C1. The van der Waals surface area contributed by atoms with E-state index in [0.717, 1.165) is 24.2 Å². The third kappa shape index (κ3) is 2.86. The second-order valence-corrected chi connectivity index (χ2v) is 7.70. The van der Waals surface area contributed by atoms with Crippen molar-refractivity contribution in [2.24, 2.45) is 0 Å². The van der Waals surface area contributed by atoms with E-state index in [9.17, 15) is 14.3 Å². The molecule has 0 aromatic carbocycles. The number of fused-ring (bicyclic) bond motifs is 4. The first kappa shape index (κ1) is 17.6. The lowest BCUT2D eigenvalue weighted by Crippen LogP contribution is -2.46. The molecule has 28 heavy (non-hydrogen) atoms. The van der Waals surface area contributed by atoms with Gasteiger partial charge < -0.3 is 14.9 Å². The fourth-order valence-electron chi connectivity index (χ4n) is 4.50. The van der Waals surface area contributed by atoms with Gasteiger partial charge in [-0.25, -0.2) is 4.39 Å². The smallest absolute Gasteiger partial charge is 0.274 e. The first-order valence-electron chi connectivity index (χ1n) is 9.81. The van der Waals surface area contributed by atoms with Crippen LogP contribution in [0.1, 0.15) is 30.4 Å². The predicted octanol–water partition coefficient (Wildman–Crippen LogP) is 2.05. The number of carbonyl (C=O) groups is 1. The number of allylic oxidation sites excluding steroid dienone is 2. The second kappa shape index (κ2) is 6.83. The Morgan fingerprint density at radius 3 is 2.93 bits per heavy atom. The third-order valence-electron chi connectivity index (χ3n) is 5.95. The van der Waals surface area contributed by atoms with Gasteiger partial charge in [0.25, 0.3) is 5.91 Å². The maximum absolute atomic E-state index is 14.0. The molecule has 146 valence electrons. The number of aromatic nitrogens is 1. The number of alkyl halides is 1. The van der Waals surface area contributed by atoms with Gasteiger partial charge in [-0.15, -0.1) is 0 Å². The van der Waals surface area contributed by atoms with E-state index in [-0.39, 0.29) is 5.91 Å². The number of hydrogen-bond donors (Lipinski definition) is 1. The van der Waals surface area contributed by atoms with Gasteiger partial charge in [-0.05, 0) is 29.7 Å². The van der Waals surface area contributed by atoms with Crippen LogP contribution in [0.4, 0.5) is 4.39 Å². The van der Waals surface area contributed by atoms with Crippen LogP contribution in [0.15, 0.2) is 53.8 Å². The summed E-state index contributed by atoms with van der Waals surface area (Å²) in [5, 5.41) is 10.7. The molecule has 2 unspecified atom stereocenters. The van der Waals surface area contributed by atoms with Crippen molar-refractivity contribution in [3.63, 3.8) is 0 Å². The number of aliphatic hydroxyl groups excluding tert-OH is 1. The molecule has 0 spiro atoms. The standard InChI is InChI=1S/C21H23FN4O2/c22-16-3-4-17-19(10-16)26(21(28)18-2-1-8-25(17)18)9-6-20(27)24-12-14-5-7-23-11-15(14)13-24/h2,4-5,7,10-11,16,20,27H,1,3,6,8-9,12-13H2. The molecular weight excluding hydrogens is 359 g/mol. The molecule has 4 heterocycles. The van der Waals surface area contributed by atoms with E-state index in [2.05, 4.69) is 4.98 Å². The van der Waals surface area contributed by atoms with Crippen molar-refractivity contribution in [3.8, 4) is 0 Å². The molecule has 0 saturated carbocycles. The summed E-state index contributed by atoms with van der Waals surface area (Å²) in [5.41, 5.74) is 4.54. The molecule has 5 rings (SSSR count). The normalized spacial score (nSPS) is 25.0. The zero-order valence-electron chi connectivity index (χ0n) is 15.6. The van der Waals surface area contributed by atoms with Crippen LogP contribution in [-0.2, 0) is 17.9 Å². The van der Waals surface area contributed by atoms with Crippen molar-refractivity contribution < 1.29 is 14.3 Å². The Kier molecular flexibility index (Phi) is 4.29. The molecule has 1 amide bonds. The summed E-state index contributed by atoms with van der Waals surface area (Å²) in [7, 11) is 0. The minimum Gasteiger partial charge on any atom is -0.378 e. The van der Waals surface area contributed by atoms with Gasteiger partial charge in [-0.3, -0.25) is 14.7 Å². The average molecular weight is 382 g/mol. The molecule has 0 bridgehead atoms. The second-order valence-electron chi connectivity index (χ2n) is 7.70. The Balaban J connectivity index is 1.31. The molecule has 7 heteroatoms. The Bertz CT molecular complexity index is 884. The van der Waals surface area contributed by atoms with Crippen molar-refractivity contribution in [1.29, 1.82) is 0 Å². The van der Waals surface area contributed by atoms with E-state index in [1.54, 1.807) is 17.2 Å². The summed E-state index contributed by atoms with van der Waals surface area (Å²) < 4.78 is 14.0. The molecule has 4 aliphatic rings. The summed E-state index contributed by atoms with van der Waals surface area (Å²) in [5.74, 6) is -0.101. The lowest BCUT2D eigenvalue weighted by Gasteiger charge is -2.41. The largest absolute Gasteiger partial charge is 0.378 e. The number of aliphatic hydroxyl groups is 1. The maximum Gasteiger partial charge on any atom is 0.274 e. The number of pyridine rings is 1. The van der Waals surface area contributed by atoms with Crippen LogP contribution in [0.5, 0.6) is 0 Å². The third-order valence-corrected chi connectivity index (χ3v) is 5.95. The molecule has 1 fully saturated rings.